The zero-order valence-electron chi connectivity index (χ0n) is 35.0. The van der Waals surface area contributed by atoms with E-state index in [0.29, 0.717) is 54.5 Å². The van der Waals surface area contributed by atoms with Gasteiger partial charge in [0.2, 0.25) is 17.7 Å². The second-order valence-electron chi connectivity index (χ2n) is 18.1. The summed E-state index contributed by atoms with van der Waals surface area (Å²) in [7, 11) is 0. The molecule has 0 aliphatic carbocycles. The molecule has 2 N–H and O–H groups in total. The van der Waals surface area contributed by atoms with E-state index in [1.807, 2.05) is 23.1 Å². The van der Waals surface area contributed by atoms with Gasteiger partial charge in [0.25, 0.3) is 11.8 Å². The zero-order valence-corrected chi connectivity index (χ0v) is 35.0. The van der Waals surface area contributed by atoms with Gasteiger partial charge in [-0.3, -0.25) is 34.2 Å². The summed E-state index contributed by atoms with van der Waals surface area (Å²) in [6.07, 6.45) is 3.97. The van der Waals surface area contributed by atoms with Gasteiger partial charge in [-0.1, -0.05) is 0 Å². The molecule has 5 saturated heterocycles. The van der Waals surface area contributed by atoms with Crippen molar-refractivity contribution in [1.82, 2.24) is 20.1 Å². The maximum Gasteiger partial charge on any atom is 0.417 e. The molecular weight excluding hydrogens is 816 g/mol. The van der Waals surface area contributed by atoms with Crippen molar-refractivity contribution in [2.45, 2.75) is 70.0 Å². The van der Waals surface area contributed by atoms with Crippen LogP contribution in [0.15, 0.2) is 54.7 Å². The summed E-state index contributed by atoms with van der Waals surface area (Å²) in [6, 6.07) is 13.5. The van der Waals surface area contributed by atoms with Gasteiger partial charge in [0.05, 0.1) is 40.2 Å². The fourth-order valence-corrected chi connectivity index (χ4v) is 10.4. The van der Waals surface area contributed by atoms with Crippen molar-refractivity contribution in [3.8, 4) is 6.07 Å². The van der Waals surface area contributed by atoms with Crippen LogP contribution in [0.5, 0.6) is 0 Å². The molecule has 1 unspecified atom stereocenters. The number of likely N-dealkylation sites (tertiary alicyclic amines) is 1. The standard InChI is InChI=1S/C46H50F3N9O5/c47-46(48,49)37-24-33(2-1-31(37)25-50)55-19-12-30(13-20-55)41(60)52-39-7-4-34(26-51-39)56-17-10-29(11-18-56)9-16-54-21-14-45(15-22-54)27-57(28-45)32-3-5-35-36(23-32)44(63)58(43(35)62)38-6-8-40(59)53-42(38)61/h1-5,7,23-24,26,29-30,38H,6,8-22,27-28H2,(H,51,52,60)(H,53,59,61). The minimum Gasteiger partial charge on any atom is -0.371 e. The Labute approximate surface area is 363 Å². The number of hydrogen-bond acceptors (Lipinski definition) is 11. The lowest BCUT2D eigenvalue weighted by atomic mass is 9.71. The number of carbonyl (C=O) groups excluding carboxylic acids is 5. The van der Waals surface area contributed by atoms with E-state index in [0.717, 1.165) is 100 Å². The lowest BCUT2D eigenvalue weighted by Gasteiger charge is -2.55. The summed E-state index contributed by atoms with van der Waals surface area (Å²) < 4.78 is 40.4. The van der Waals surface area contributed by atoms with Gasteiger partial charge in [-0.2, -0.15) is 18.4 Å². The first-order valence-electron chi connectivity index (χ1n) is 22.0. The van der Waals surface area contributed by atoms with Crippen molar-refractivity contribution >= 4 is 52.4 Å². The number of nitrogens with one attached hydrogen (secondary N) is 2. The van der Waals surface area contributed by atoms with Crippen LogP contribution in [0.2, 0.25) is 0 Å². The number of nitrogens with zero attached hydrogens (tertiary/aromatic N) is 7. The van der Waals surface area contributed by atoms with Crippen LogP contribution in [0.1, 0.15) is 89.6 Å². The molecule has 6 aliphatic rings. The van der Waals surface area contributed by atoms with Crippen molar-refractivity contribution in [2.75, 3.05) is 78.9 Å². The van der Waals surface area contributed by atoms with Crippen LogP contribution in [0.4, 0.5) is 36.1 Å². The van der Waals surface area contributed by atoms with Crippen LogP contribution >= 0.6 is 0 Å². The molecule has 17 heteroatoms. The lowest BCUT2D eigenvalue weighted by molar-refractivity contribution is -0.138. The summed E-state index contributed by atoms with van der Waals surface area (Å²) in [4.78, 5) is 78.2. The van der Waals surface area contributed by atoms with Crippen LogP contribution in [0, 0.1) is 28.6 Å². The first-order chi connectivity index (χ1) is 30.3. The van der Waals surface area contributed by atoms with E-state index < -0.39 is 47.0 Å². The molecule has 5 fully saturated rings. The predicted octanol–water partition coefficient (Wildman–Crippen LogP) is 5.44. The maximum absolute atomic E-state index is 13.5. The van der Waals surface area contributed by atoms with Gasteiger partial charge in [0.15, 0.2) is 0 Å². The van der Waals surface area contributed by atoms with Crippen molar-refractivity contribution in [1.29, 1.82) is 5.26 Å². The third-order valence-electron chi connectivity index (χ3n) is 14.3. The van der Waals surface area contributed by atoms with E-state index in [2.05, 4.69) is 30.3 Å². The van der Waals surface area contributed by atoms with Crippen molar-refractivity contribution in [3.05, 3.63) is 77.0 Å². The number of nitriles is 1. The number of pyridine rings is 1. The van der Waals surface area contributed by atoms with Gasteiger partial charge in [-0.25, -0.2) is 4.98 Å². The number of hydrogen-bond donors (Lipinski definition) is 2. The number of fused-ring (bicyclic) bond motifs is 1. The average molecular weight is 866 g/mol. The van der Waals surface area contributed by atoms with E-state index in [1.54, 1.807) is 24.4 Å². The normalized spacial score (nSPS) is 22.2. The first kappa shape index (κ1) is 42.3. The molecule has 3 aromatic rings. The molecule has 1 atom stereocenters. The Hall–Kier alpha value is -6.02. The highest BCUT2D eigenvalue weighted by Gasteiger charge is 2.47. The number of piperidine rings is 4. The van der Waals surface area contributed by atoms with Crippen molar-refractivity contribution < 1.29 is 37.1 Å². The Morgan fingerprint density at radius 2 is 1.46 bits per heavy atom. The minimum absolute atomic E-state index is 0.0885. The zero-order chi connectivity index (χ0) is 44.0. The largest absolute Gasteiger partial charge is 0.417 e. The molecule has 330 valence electrons. The Morgan fingerprint density at radius 1 is 0.810 bits per heavy atom. The Morgan fingerprint density at radius 3 is 2.13 bits per heavy atom. The molecule has 7 heterocycles. The molecule has 5 amide bonds. The van der Waals surface area contributed by atoms with E-state index in [-0.39, 0.29) is 30.1 Å². The molecule has 1 spiro atoms. The molecule has 0 saturated carbocycles. The monoisotopic (exact) mass is 865 g/mol. The smallest absolute Gasteiger partial charge is 0.371 e. The lowest BCUT2D eigenvalue weighted by Crippen LogP contribution is -2.60. The van der Waals surface area contributed by atoms with Gasteiger partial charge in [0, 0.05) is 68.4 Å². The number of aromatic nitrogens is 1. The highest BCUT2D eigenvalue weighted by atomic mass is 19.4. The minimum atomic E-state index is -4.62. The predicted molar refractivity (Wildman–Crippen MR) is 227 cm³/mol. The Kier molecular flexibility index (Phi) is 11.4. The second kappa shape index (κ2) is 16.9. The Bertz CT molecular complexity index is 2340. The molecular formula is C46H50F3N9O5. The molecule has 2 aromatic carbocycles. The SMILES string of the molecule is N#Cc1ccc(N2CCC(C(=O)Nc3ccc(N4CCC(CCN5CCC6(CC5)CN(c5ccc7c(c5)C(=O)N(C5CCC(=O)NC5=O)C7=O)C6)CC4)cn3)CC2)cc1C(F)(F)F. The molecule has 63 heavy (non-hydrogen) atoms. The number of halogens is 3. The highest BCUT2D eigenvalue weighted by Crippen LogP contribution is 2.44. The highest BCUT2D eigenvalue weighted by molar-refractivity contribution is 6.23. The van der Waals surface area contributed by atoms with Crippen LogP contribution in [0.25, 0.3) is 0 Å². The second-order valence-corrected chi connectivity index (χ2v) is 18.1. The molecule has 0 radical (unpaired) electrons. The topological polar surface area (TPSA) is 162 Å². The third-order valence-corrected chi connectivity index (χ3v) is 14.3. The summed E-state index contributed by atoms with van der Waals surface area (Å²) in [5, 5.41) is 14.3. The first-order valence-corrected chi connectivity index (χ1v) is 22.0. The van der Waals surface area contributed by atoms with Gasteiger partial charge >= 0.3 is 6.18 Å². The van der Waals surface area contributed by atoms with Crippen LogP contribution in [-0.4, -0.2) is 109 Å². The van der Waals surface area contributed by atoms with Gasteiger partial charge in [-0.05, 0) is 125 Å². The van der Waals surface area contributed by atoms with Gasteiger partial charge < -0.3 is 24.9 Å². The fraction of sp³-hybridized carbons (Fsp3) is 0.500. The molecule has 1 aromatic heterocycles. The van der Waals surface area contributed by atoms with Crippen LogP contribution in [-0.2, 0) is 20.6 Å². The molecule has 14 nitrogen and oxygen atoms in total. The number of amides is 5. The van der Waals surface area contributed by atoms with Crippen molar-refractivity contribution in [3.63, 3.8) is 0 Å². The van der Waals surface area contributed by atoms with Crippen LogP contribution < -0.4 is 25.3 Å². The van der Waals surface area contributed by atoms with Gasteiger partial charge in [-0.15, -0.1) is 0 Å². The molecule has 0 bridgehead atoms. The van der Waals surface area contributed by atoms with E-state index in [1.165, 1.54) is 12.1 Å². The van der Waals surface area contributed by atoms with Crippen LogP contribution in [0.3, 0.4) is 0 Å². The number of imide groups is 2. The maximum atomic E-state index is 13.5. The summed E-state index contributed by atoms with van der Waals surface area (Å²) in [6.45, 7) is 7.74. The third kappa shape index (κ3) is 8.57. The van der Waals surface area contributed by atoms with Crippen molar-refractivity contribution in [2.24, 2.45) is 17.3 Å². The Balaban J connectivity index is 0.675. The number of benzene rings is 2. The summed E-state index contributed by atoms with van der Waals surface area (Å²) in [5.74, 6) is -1.29. The number of carbonyl (C=O) groups is 5. The summed E-state index contributed by atoms with van der Waals surface area (Å²) in [5.41, 5.74) is 1.81. The number of rotatable bonds is 9. The van der Waals surface area contributed by atoms with E-state index in [9.17, 15) is 37.1 Å². The molecule has 6 aliphatic heterocycles. The van der Waals surface area contributed by atoms with E-state index in [4.69, 9.17) is 5.26 Å². The van der Waals surface area contributed by atoms with Gasteiger partial charge in [0.1, 0.15) is 11.9 Å². The molecule has 9 rings (SSSR count). The number of alkyl halides is 3. The van der Waals surface area contributed by atoms with E-state index >= 15 is 0 Å². The number of anilines is 4. The average Bonchev–Trinajstić information content (AvgIpc) is 3.52. The summed E-state index contributed by atoms with van der Waals surface area (Å²) >= 11 is 0. The fourth-order valence-electron chi connectivity index (χ4n) is 10.4. The quantitative estimate of drug-likeness (QED) is 0.264.